The van der Waals surface area contributed by atoms with E-state index in [-0.39, 0.29) is 0 Å². The molecule has 2 heterocycles. The van der Waals surface area contributed by atoms with Crippen molar-refractivity contribution < 1.29 is 0 Å². The van der Waals surface area contributed by atoms with Gasteiger partial charge in [-0.25, -0.2) is 9.97 Å². The topological polar surface area (TPSA) is 25.8 Å². The van der Waals surface area contributed by atoms with Crippen LogP contribution in [0.5, 0.6) is 0 Å². The number of rotatable bonds is 2. The number of benzene rings is 1. The summed E-state index contributed by atoms with van der Waals surface area (Å²) in [4.78, 5) is 10.5. The van der Waals surface area contributed by atoms with Gasteiger partial charge in [0, 0.05) is 20.9 Å². The van der Waals surface area contributed by atoms with Crippen molar-refractivity contribution in [2.45, 2.75) is 19.8 Å². The minimum absolute atomic E-state index is 0.505. The number of hydrogen-bond donors (Lipinski definition) is 0. The first-order chi connectivity index (χ1) is 9.15. The van der Waals surface area contributed by atoms with Gasteiger partial charge >= 0.3 is 0 Å². The number of pyridine rings is 1. The molecule has 0 bridgehead atoms. The molecule has 0 aliphatic carbocycles. The molecule has 0 saturated carbocycles. The lowest BCUT2D eigenvalue weighted by molar-refractivity contribution is 0.885. The monoisotopic (exact) mass is 332 g/mol. The zero-order valence-corrected chi connectivity index (χ0v) is 13.1. The van der Waals surface area contributed by atoms with E-state index in [2.05, 4.69) is 46.9 Å². The Labute approximate surface area is 124 Å². The van der Waals surface area contributed by atoms with Gasteiger partial charge in [0.25, 0.3) is 0 Å². The molecule has 0 aliphatic heterocycles. The molecular formula is C15H13BrN2S. The van der Waals surface area contributed by atoms with E-state index in [4.69, 9.17) is 4.98 Å². The Kier molecular flexibility index (Phi) is 3.37. The maximum atomic E-state index is 4.72. The SMILES string of the molecule is CC(C)c1cnc(-c2nc3ccccc3cc2Br)s1. The third kappa shape index (κ3) is 2.42. The Bertz CT molecular complexity index is 734. The summed E-state index contributed by atoms with van der Waals surface area (Å²) in [5.41, 5.74) is 1.93. The molecule has 19 heavy (non-hydrogen) atoms. The average molecular weight is 333 g/mol. The lowest BCUT2D eigenvalue weighted by atomic mass is 10.2. The number of aromatic nitrogens is 2. The van der Waals surface area contributed by atoms with Crippen LogP contribution >= 0.6 is 27.3 Å². The summed E-state index contributed by atoms with van der Waals surface area (Å²) in [6.07, 6.45) is 1.95. The van der Waals surface area contributed by atoms with E-state index in [0.29, 0.717) is 5.92 Å². The van der Waals surface area contributed by atoms with Gasteiger partial charge in [0.1, 0.15) is 10.7 Å². The zero-order chi connectivity index (χ0) is 13.4. The summed E-state index contributed by atoms with van der Waals surface area (Å²) in [5.74, 6) is 0.505. The molecular weight excluding hydrogens is 320 g/mol. The Hall–Kier alpha value is -1.26. The first-order valence-electron chi connectivity index (χ1n) is 6.16. The van der Waals surface area contributed by atoms with Gasteiger partial charge < -0.3 is 0 Å². The van der Waals surface area contributed by atoms with Crippen LogP contribution in [0.4, 0.5) is 0 Å². The lowest BCUT2D eigenvalue weighted by Gasteiger charge is -2.03. The Morgan fingerprint density at radius 3 is 2.74 bits per heavy atom. The molecule has 3 aromatic rings. The minimum atomic E-state index is 0.505. The fourth-order valence-electron chi connectivity index (χ4n) is 1.90. The molecule has 0 radical (unpaired) electrons. The molecule has 0 aliphatic rings. The van der Waals surface area contributed by atoms with Crippen molar-refractivity contribution in [3.05, 3.63) is 45.9 Å². The van der Waals surface area contributed by atoms with Crippen LogP contribution < -0.4 is 0 Å². The second kappa shape index (κ2) is 5.02. The Morgan fingerprint density at radius 1 is 1.21 bits per heavy atom. The van der Waals surface area contributed by atoms with Gasteiger partial charge in [0.2, 0.25) is 0 Å². The second-order valence-corrected chi connectivity index (χ2v) is 6.65. The molecule has 0 atom stereocenters. The zero-order valence-electron chi connectivity index (χ0n) is 10.7. The normalized spacial score (nSPS) is 11.4. The van der Waals surface area contributed by atoms with E-state index in [9.17, 15) is 0 Å². The van der Waals surface area contributed by atoms with E-state index < -0.39 is 0 Å². The Balaban J connectivity index is 2.15. The second-order valence-electron chi connectivity index (χ2n) is 4.73. The van der Waals surface area contributed by atoms with E-state index in [1.54, 1.807) is 11.3 Å². The van der Waals surface area contributed by atoms with E-state index in [1.807, 2.05) is 24.4 Å². The van der Waals surface area contributed by atoms with Crippen LogP contribution in [0, 0.1) is 0 Å². The maximum absolute atomic E-state index is 4.72. The van der Waals surface area contributed by atoms with E-state index >= 15 is 0 Å². The van der Waals surface area contributed by atoms with Gasteiger partial charge in [-0.2, -0.15) is 0 Å². The third-order valence-corrected chi connectivity index (χ3v) is 4.88. The average Bonchev–Trinajstić information content (AvgIpc) is 2.87. The highest BCUT2D eigenvalue weighted by molar-refractivity contribution is 9.10. The van der Waals surface area contributed by atoms with Crippen LogP contribution in [0.3, 0.4) is 0 Å². The number of thiazole rings is 1. The van der Waals surface area contributed by atoms with Gasteiger partial charge in [0.05, 0.1) is 5.52 Å². The molecule has 0 N–H and O–H groups in total. The van der Waals surface area contributed by atoms with Gasteiger partial charge in [-0.3, -0.25) is 0 Å². The molecule has 3 rings (SSSR count). The number of hydrogen-bond acceptors (Lipinski definition) is 3. The van der Waals surface area contributed by atoms with Crippen LogP contribution in [-0.4, -0.2) is 9.97 Å². The van der Waals surface area contributed by atoms with Crippen molar-refractivity contribution in [2.24, 2.45) is 0 Å². The molecule has 2 aromatic heterocycles. The van der Waals surface area contributed by atoms with E-state index in [1.165, 1.54) is 4.88 Å². The molecule has 0 amide bonds. The van der Waals surface area contributed by atoms with Crippen LogP contribution in [0.25, 0.3) is 21.6 Å². The maximum Gasteiger partial charge on any atom is 0.143 e. The molecule has 0 spiro atoms. The largest absolute Gasteiger partial charge is 0.244 e. The minimum Gasteiger partial charge on any atom is -0.244 e. The van der Waals surface area contributed by atoms with Crippen LogP contribution in [0.1, 0.15) is 24.6 Å². The number of halogens is 1. The van der Waals surface area contributed by atoms with Gasteiger partial charge in [-0.1, -0.05) is 32.0 Å². The number of fused-ring (bicyclic) bond motifs is 1. The van der Waals surface area contributed by atoms with Crippen molar-refractivity contribution in [2.75, 3.05) is 0 Å². The van der Waals surface area contributed by atoms with Gasteiger partial charge in [0.15, 0.2) is 0 Å². The van der Waals surface area contributed by atoms with E-state index in [0.717, 1.165) is 26.1 Å². The molecule has 0 unspecified atom stereocenters. The highest BCUT2D eigenvalue weighted by Gasteiger charge is 2.12. The van der Waals surface area contributed by atoms with Crippen LogP contribution in [-0.2, 0) is 0 Å². The fraction of sp³-hybridized carbons (Fsp3) is 0.200. The highest BCUT2D eigenvalue weighted by atomic mass is 79.9. The summed E-state index contributed by atoms with van der Waals surface area (Å²) in [5, 5.41) is 2.11. The van der Waals surface area contributed by atoms with Crippen LogP contribution in [0.15, 0.2) is 41.0 Å². The van der Waals surface area contributed by atoms with Crippen molar-refractivity contribution in [1.29, 1.82) is 0 Å². The lowest BCUT2D eigenvalue weighted by Crippen LogP contribution is -1.86. The smallest absolute Gasteiger partial charge is 0.143 e. The predicted octanol–water partition coefficient (Wildman–Crippen LogP) is 5.24. The number of nitrogens with zero attached hydrogens (tertiary/aromatic N) is 2. The molecule has 1 aromatic carbocycles. The first kappa shape index (κ1) is 12.8. The molecule has 96 valence electrons. The summed E-state index contributed by atoms with van der Waals surface area (Å²) in [7, 11) is 0. The standard InChI is InChI=1S/C15H13BrN2S/c1-9(2)13-8-17-15(19-13)14-11(16)7-10-5-3-4-6-12(10)18-14/h3-9H,1-2H3. The summed E-state index contributed by atoms with van der Waals surface area (Å²) >= 11 is 5.32. The van der Waals surface area contributed by atoms with Crippen molar-refractivity contribution in [3.8, 4) is 10.7 Å². The summed E-state index contributed by atoms with van der Waals surface area (Å²) in [6.45, 7) is 4.36. The highest BCUT2D eigenvalue weighted by Crippen LogP contribution is 2.34. The summed E-state index contributed by atoms with van der Waals surface area (Å²) < 4.78 is 0.996. The van der Waals surface area contributed by atoms with Gasteiger partial charge in [-0.05, 0) is 34.0 Å². The predicted molar refractivity (Wildman–Crippen MR) is 84.6 cm³/mol. The molecule has 2 nitrogen and oxygen atoms in total. The van der Waals surface area contributed by atoms with Crippen molar-refractivity contribution >= 4 is 38.2 Å². The summed E-state index contributed by atoms with van der Waals surface area (Å²) in [6, 6.07) is 10.2. The van der Waals surface area contributed by atoms with Crippen molar-refractivity contribution in [1.82, 2.24) is 9.97 Å². The van der Waals surface area contributed by atoms with Crippen LogP contribution in [0.2, 0.25) is 0 Å². The number of para-hydroxylation sites is 1. The third-order valence-electron chi connectivity index (χ3n) is 2.97. The Morgan fingerprint density at radius 2 is 2.00 bits per heavy atom. The fourth-order valence-corrected chi connectivity index (χ4v) is 3.48. The quantitative estimate of drug-likeness (QED) is 0.640. The van der Waals surface area contributed by atoms with Crippen molar-refractivity contribution in [3.63, 3.8) is 0 Å². The first-order valence-corrected chi connectivity index (χ1v) is 7.77. The van der Waals surface area contributed by atoms with Gasteiger partial charge in [-0.15, -0.1) is 11.3 Å². The molecule has 0 fully saturated rings. The molecule has 0 saturated heterocycles. The molecule has 4 heteroatoms.